The first-order valence-corrected chi connectivity index (χ1v) is 5.29. The largest absolute Gasteiger partial charge is 0.432 e. The molecule has 0 heterocycles. The van der Waals surface area contributed by atoms with Crippen LogP contribution in [0.4, 0.5) is 24.5 Å². The third kappa shape index (κ3) is 4.23. The number of anilines is 2. The number of nitrogens with two attached hydrogens (primary N) is 1. The molecule has 0 aliphatic rings. The maximum Gasteiger partial charge on any atom is 0.387 e. The number of alkyl halides is 2. The second kappa shape index (κ2) is 6.17. The van der Waals surface area contributed by atoms with Gasteiger partial charge in [0, 0.05) is 26.2 Å². The number of carbonyl (C=O) groups is 1. The highest BCUT2D eigenvalue weighted by Gasteiger charge is 2.14. The molecule has 0 saturated carbocycles. The molecule has 1 aromatic rings. The minimum Gasteiger partial charge on any atom is -0.432 e. The van der Waals surface area contributed by atoms with E-state index < -0.39 is 18.2 Å². The van der Waals surface area contributed by atoms with E-state index in [-0.39, 0.29) is 23.8 Å². The molecule has 0 aliphatic carbocycles. The van der Waals surface area contributed by atoms with Gasteiger partial charge in [0.15, 0.2) is 11.6 Å². The smallest absolute Gasteiger partial charge is 0.387 e. The highest BCUT2D eigenvalue weighted by molar-refractivity contribution is 5.82. The normalized spacial score (nSPS) is 10.4. The Hall–Kier alpha value is -2.12. The third-order valence-electron chi connectivity index (χ3n) is 2.25. The lowest BCUT2D eigenvalue weighted by Crippen LogP contribution is -2.28. The van der Waals surface area contributed by atoms with Crippen molar-refractivity contribution in [2.24, 2.45) is 0 Å². The number of nitrogens with zero attached hydrogens (tertiary/aromatic N) is 1. The predicted octanol–water partition coefficient (Wildman–Crippen LogP) is 1.51. The molecule has 0 fully saturated rings. The van der Waals surface area contributed by atoms with Crippen molar-refractivity contribution < 1.29 is 22.7 Å². The zero-order valence-electron chi connectivity index (χ0n) is 10.4. The van der Waals surface area contributed by atoms with Crippen LogP contribution >= 0.6 is 0 Å². The highest BCUT2D eigenvalue weighted by Crippen LogP contribution is 2.29. The number of rotatable bonds is 5. The quantitative estimate of drug-likeness (QED) is 0.801. The summed E-state index contributed by atoms with van der Waals surface area (Å²) in [6.07, 6.45) is 0. The minimum absolute atomic E-state index is 0.00864. The molecule has 8 heteroatoms. The van der Waals surface area contributed by atoms with Gasteiger partial charge in [-0.15, -0.1) is 0 Å². The summed E-state index contributed by atoms with van der Waals surface area (Å²) in [5.74, 6) is -1.88. The molecule has 0 spiro atoms. The average Bonchev–Trinajstić information content (AvgIpc) is 2.30. The van der Waals surface area contributed by atoms with E-state index in [4.69, 9.17) is 5.73 Å². The third-order valence-corrected chi connectivity index (χ3v) is 2.25. The first-order valence-electron chi connectivity index (χ1n) is 5.29. The first kappa shape index (κ1) is 14.9. The van der Waals surface area contributed by atoms with Crippen LogP contribution in [0.1, 0.15) is 0 Å². The molecule has 0 atom stereocenters. The second-order valence-electron chi connectivity index (χ2n) is 3.89. The van der Waals surface area contributed by atoms with Gasteiger partial charge in [0.2, 0.25) is 5.91 Å². The van der Waals surface area contributed by atoms with Gasteiger partial charge in [0.1, 0.15) is 0 Å². The van der Waals surface area contributed by atoms with Crippen molar-refractivity contribution in [3.63, 3.8) is 0 Å². The van der Waals surface area contributed by atoms with Gasteiger partial charge in [-0.05, 0) is 0 Å². The summed E-state index contributed by atoms with van der Waals surface area (Å²) in [4.78, 5) is 12.7. The van der Waals surface area contributed by atoms with E-state index in [2.05, 4.69) is 10.1 Å². The van der Waals surface area contributed by atoms with E-state index in [9.17, 15) is 18.0 Å². The first-order chi connectivity index (χ1) is 8.81. The molecule has 1 rings (SSSR count). The van der Waals surface area contributed by atoms with Crippen molar-refractivity contribution in [3.8, 4) is 5.75 Å². The predicted molar refractivity (Wildman–Crippen MR) is 64.6 cm³/mol. The van der Waals surface area contributed by atoms with Gasteiger partial charge in [0.05, 0.1) is 17.9 Å². The zero-order valence-corrected chi connectivity index (χ0v) is 10.4. The van der Waals surface area contributed by atoms with Gasteiger partial charge in [-0.1, -0.05) is 0 Å². The van der Waals surface area contributed by atoms with Crippen molar-refractivity contribution in [2.75, 3.05) is 31.7 Å². The van der Waals surface area contributed by atoms with E-state index in [1.165, 1.54) is 4.90 Å². The summed E-state index contributed by atoms with van der Waals surface area (Å²) in [5.41, 5.74) is 5.65. The van der Waals surface area contributed by atoms with Crippen LogP contribution in [-0.2, 0) is 4.79 Å². The molecule has 19 heavy (non-hydrogen) atoms. The van der Waals surface area contributed by atoms with Gasteiger partial charge in [0.25, 0.3) is 0 Å². The van der Waals surface area contributed by atoms with Crippen LogP contribution in [0.2, 0.25) is 0 Å². The molecule has 5 nitrogen and oxygen atoms in total. The molecule has 0 aliphatic heterocycles. The fraction of sp³-hybridized carbons (Fsp3) is 0.364. The van der Waals surface area contributed by atoms with E-state index in [0.29, 0.717) is 0 Å². The molecule has 0 unspecified atom stereocenters. The summed E-state index contributed by atoms with van der Waals surface area (Å²) in [6.45, 7) is -3.24. The summed E-state index contributed by atoms with van der Waals surface area (Å²) in [5, 5.41) is 2.63. The Morgan fingerprint density at radius 3 is 2.63 bits per heavy atom. The number of benzene rings is 1. The highest BCUT2D eigenvalue weighted by atomic mass is 19.3. The van der Waals surface area contributed by atoms with Crippen LogP contribution in [0.15, 0.2) is 12.1 Å². The Bertz CT molecular complexity index is 467. The number of nitrogen functional groups attached to an aromatic ring is 1. The van der Waals surface area contributed by atoms with Gasteiger partial charge in [-0.2, -0.15) is 8.78 Å². The maximum atomic E-state index is 13.3. The molecule has 1 aromatic carbocycles. The fourth-order valence-corrected chi connectivity index (χ4v) is 1.24. The van der Waals surface area contributed by atoms with Gasteiger partial charge in [-0.3, -0.25) is 4.79 Å². The number of likely N-dealkylation sites (N-methyl/N-ethyl adjacent to an activating group) is 1. The summed E-state index contributed by atoms with van der Waals surface area (Å²) in [6, 6.07) is 1.83. The SMILES string of the molecule is CN(C)C(=O)CNc1cc(OC(F)F)c(F)cc1N. The molecule has 0 radical (unpaired) electrons. The molecule has 3 N–H and O–H groups in total. The van der Waals surface area contributed by atoms with Gasteiger partial charge >= 0.3 is 6.61 Å². The number of carbonyl (C=O) groups excluding carboxylic acids is 1. The van der Waals surface area contributed by atoms with Gasteiger partial charge < -0.3 is 20.7 Å². The average molecular weight is 277 g/mol. The summed E-state index contributed by atoms with van der Waals surface area (Å²) < 4.78 is 41.4. The number of amides is 1. The molecular weight excluding hydrogens is 263 g/mol. The topological polar surface area (TPSA) is 67.6 Å². The van der Waals surface area contributed by atoms with E-state index in [0.717, 1.165) is 12.1 Å². The molecule has 106 valence electrons. The van der Waals surface area contributed by atoms with Gasteiger partial charge in [-0.25, -0.2) is 4.39 Å². The van der Waals surface area contributed by atoms with E-state index in [1.54, 1.807) is 14.1 Å². The fourth-order valence-electron chi connectivity index (χ4n) is 1.24. The minimum atomic E-state index is -3.14. The van der Waals surface area contributed by atoms with Crippen LogP contribution in [0.5, 0.6) is 5.75 Å². The Kier molecular flexibility index (Phi) is 4.85. The Labute approximate surface area is 108 Å². The van der Waals surface area contributed by atoms with Crippen molar-refractivity contribution in [1.29, 1.82) is 0 Å². The molecule has 0 saturated heterocycles. The molecular formula is C11H14F3N3O2. The number of halogens is 3. The zero-order chi connectivity index (χ0) is 14.6. The summed E-state index contributed by atoms with van der Waals surface area (Å²) >= 11 is 0. The van der Waals surface area contributed by atoms with Crippen molar-refractivity contribution in [2.45, 2.75) is 6.61 Å². The number of nitrogens with one attached hydrogen (secondary N) is 1. The molecule has 0 aromatic heterocycles. The Morgan fingerprint density at radius 2 is 2.11 bits per heavy atom. The second-order valence-corrected chi connectivity index (χ2v) is 3.89. The lowest BCUT2D eigenvalue weighted by Gasteiger charge is -2.14. The van der Waals surface area contributed by atoms with Crippen LogP contribution in [-0.4, -0.2) is 38.1 Å². The number of hydrogen-bond donors (Lipinski definition) is 2. The Balaban J connectivity index is 2.85. The van der Waals surface area contributed by atoms with Crippen LogP contribution < -0.4 is 15.8 Å². The summed E-state index contributed by atoms with van der Waals surface area (Å²) in [7, 11) is 3.12. The Morgan fingerprint density at radius 1 is 1.47 bits per heavy atom. The van der Waals surface area contributed by atoms with Crippen molar-refractivity contribution >= 4 is 17.3 Å². The van der Waals surface area contributed by atoms with Crippen molar-refractivity contribution in [3.05, 3.63) is 17.9 Å². The van der Waals surface area contributed by atoms with E-state index >= 15 is 0 Å². The van der Waals surface area contributed by atoms with Crippen LogP contribution in [0.3, 0.4) is 0 Å². The molecule has 1 amide bonds. The van der Waals surface area contributed by atoms with Crippen LogP contribution in [0, 0.1) is 5.82 Å². The number of ether oxygens (including phenoxy) is 1. The monoisotopic (exact) mass is 277 g/mol. The lowest BCUT2D eigenvalue weighted by molar-refractivity contribution is -0.126. The number of hydrogen-bond acceptors (Lipinski definition) is 4. The maximum absolute atomic E-state index is 13.3. The van der Waals surface area contributed by atoms with E-state index in [1.807, 2.05) is 0 Å². The molecule has 0 bridgehead atoms. The lowest BCUT2D eigenvalue weighted by atomic mass is 10.2. The standard InChI is InChI=1S/C11H14F3N3O2/c1-17(2)10(18)5-16-8-4-9(19-11(13)14)6(12)3-7(8)15/h3-4,11,16H,5,15H2,1-2H3. The van der Waals surface area contributed by atoms with Crippen LogP contribution in [0.25, 0.3) is 0 Å². The van der Waals surface area contributed by atoms with Crippen molar-refractivity contribution in [1.82, 2.24) is 4.90 Å².